The quantitative estimate of drug-likeness (QED) is 0.486. The number of para-hydroxylation sites is 1. The van der Waals surface area contributed by atoms with Crippen LogP contribution in [0, 0.1) is 10.1 Å². The van der Waals surface area contributed by atoms with E-state index in [2.05, 4.69) is 10.0 Å². The standard InChI is InChI=1S/C19H15N3O5S/c23-19(20-14-7-6-8-15(13-14)22(24)25)17-11-4-5-12-18(17)21-28(26,27)16-9-2-1-3-10-16/h1-13,21H,(H,20,23). The monoisotopic (exact) mass is 397 g/mol. The molecule has 28 heavy (non-hydrogen) atoms. The fraction of sp³-hybridized carbons (Fsp3) is 0. The van der Waals surface area contributed by atoms with Crippen molar-refractivity contribution in [1.82, 2.24) is 0 Å². The Balaban J connectivity index is 1.87. The third-order valence-corrected chi connectivity index (χ3v) is 5.17. The van der Waals surface area contributed by atoms with Crippen molar-refractivity contribution in [2.24, 2.45) is 0 Å². The molecule has 9 heteroatoms. The SMILES string of the molecule is O=C(Nc1cccc([N+](=O)[O-])c1)c1ccccc1NS(=O)(=O)c1ccccc1. The van der Waals surface area contributed by atoms with Crippen LogP contribution in [-0.4, -0.2) is 19.2 Å². The number of nitro groups is 1. The van der Waals surface area contributed by atoms with Crippen molar-refractivity contribution < 1.29 is 18.1 Å². The molecule has 1 amide bonds. The lowest BCUT2D eigenvalue weighted by Crippen LogP contribution is -2.18. The molecule has 0 saturated heterocycles. The maximum absolute atomic E-state index is 12.6. The van der Waals surface area contributed by atoms with Crippen LogP contribution in [0.5, 0.6) is 0 Å². The number of benzene rings is 3. The van der Waals surface area contributed by atoms with Crippen molar-refractivity contribution in [3.05, 3.63) is 94.5 Å². The molecule has 3 rings (SSSR count). The molecule has 3 aromatic rings. The summed E-state index contributed by atoms with van der Waals surface area (Å²) in [6.07, 6.45) is 0. The van der Waals surface area contributed by atoms with Gasteiger partial charge in [-0.25, -0.2) is 8.42 Å². The molecule has 0 radical (unpaired) electrons. The molecule has 0 aliphatic heterocycles. The summed E-state index contributed by atoms with van der Waals surface area (Å²) >= 11 is 0. The molecule has 8 nitrogen and oxygen atoms in total. The highest BCUT2D eigenvalue weighted by Crippen LogP contribution is 2.22. The Kier molecular flexibility index (Phi) is 5.37. The lowest BCUT2D eigenvalue weighted by atomic mass is 10.1. The molecule has 3 aromatic carbocycles. The van der Waals surface area contributed by atoms with Gasteiger partial charge in [0.1, 0.15) is 0 Å². The Morgan fingerprint density at radius 3 is 2.29 bits per heavy atom. The van der Waals surface area contributed by atoms with E-state index < -0.39 is 20.9 Å². The second-order valence-electron chi connectivity index (χ2n) is 5.73. The van der Waals surface area contributed by atoms with Gasteiger partial charge in [-0.15, -0.1) is 0 Å². The number of nitro benzene ring substituents is 1. The van der Waals surface area contributed by atoms with Crippen LogP contribution in [0.2, 0.25) is 0 Å². The van der Waals surface area contributed by atoms with Crippen LogP contribution >= 0.6 is 0 Å². The predicted octanol–water partition coefficient (Wildman–Crippen LogP) is 3.65. The molecule has 0 aliphatic carbocycles. The van der Waals surface area contributed by atoms with Gasteiger partial charge >= 0.3 is 0 Å². The van der Waals surface area contributed by atoms with Gasteiger partial charge in [0.15, 0.2) is 0 Å². The zero-order valence-corrected chi connectivity index (χ0v) is 15.2. The van der Waals surface area contributed by atoms with Crippen molar-refractivity contribution in [3.8, 4) is 0 Å². The van der Waals surface area contributed by atoms with Crippen LogP contribution in [0.4, 0.5) is 17.1 Å². The third kappa shape index (κ3) is 4.33. The van der Waals surface area contributed by atoms with E-state index in [4.69, 9.17) is 0 Å². The van der Waals surface area contributed by atoms with Crippen LogP contribution in [0.3, 0.4) is 0 Å². The smallest absolute Gasteiger partial charge is 0.271 e. The summed E-state index contributed by atoms with van der Waals surface area (Å²) in [6.45, 7) is 0. The maximum atomic E-state index is 12.6. The van der Waals surface area contributed by atoms with Crippen molar-refractivity contribution in [2.45, 2.75) is 4.90 Å². The summed E-state index contributed by atoms with van der Waals surface area (Å²) in [6, 6.07) is 19.3. The first-order valence-electron chi connectivity index (χ1n) is 8.09. The number of sulfonamides is 1. The fourth-order valence-electron chi connectivity index (χ4n) is 2.47. The maximum Gasteiger partial charge on any atom is 0.271 e. The first-order chi connectivity index (χ1) is 13.4. The number of rotatable bonds is 6. The largest absolute Gasteiger partial charge is 0.322 e. The number of nitrogens with zero attached hydrogens (tertiary/aromatic N) is 1. The van der Waals surface area contributed by atoms with E-state index in [0.717, 1.165) is 0 Å². The Morgan fingerprint density at radius 1 is 0.893 bits per heavy atom. The first kappa shape index (κ1) is 19.1. The molecule has 2 N–H and O–H groups in total. The molecule has 0 heterocycles. The second-order valence-corrected chi connectivity index (χ2v) is 7.41. The number of anilines is 2. The van der Waals surface area contributed by atoms with Crippen LogP contribution in [0.15, 0.2) is 83.8 Å². The lowest BCUT2D eigenvalue weighted by Gasteiger charge is -2.13. The molecule has 0 atom stereocenters. The molecular weight excluding hydrogens is 382 g/mol. The highest BCUT2D eigenvalue weighted by molar-refractivity contribution is 7.92. The average Bonchev–Trinajstić information content (AvgIpc) is 2.69. The van der Waals surface area contributed by atoms with E-state index in [1.54, 1.807) is 30.3 Å². The van der Waals surface area contributed by atoms with Crippen molar-refractivity contribution in [3.63, 3.8) is 0 Å². The van der Waals surface area contributed by atoms with E-state index in [0.29, 0.717) is 0 Å². The molecule has 142 valence electrons. The summed E-state index contributed by atoms with van der Waals surface area (Å²) in [5, 5.41) is 13.4. The highest BCUT2D eigenvalue weighted by atomic mass is 32.2. The Bertz CT molecular complexity index is 1130. The zero-order chi connectivity index (χ0) is 20.1. The van der Waals surface area contributed by atoms with E-state index in [1.165, 1.54) is 48.5 Å². The molecule has 0 aromatic heterocycles. The predicted molar refractivity (Wildman–Crippen MR) is 105 cm³/mol. The molecule has 0 spiro atoms. The van der Waals surface area contributed by atoms with Gasteiger partial charge in [0.05, 0.1) is 21.1 Å². The van der Waals surface area contributed by atoms with Crippen LogP contribution < -0.4 is 10.0 Å². The van der Waals surface area contributed by atoms with E-state index in [9.17, 15) is 23.3 Å². The Labute approximate surface area is 161 Å². The van der Waals surface area contributed by atoms with Crippen molar-refractivity contribution in [1.29, 1.82) is 0 Å². The van der Waals surface area contributed by atoms with Crippen molar-refractivity contribution in [2.75, 3.05) is 10.0 Å². The highest BCUT2D eigenvalue weighted by Gasteiger charge is 2.19. The number of hydrogen-bond donors (Lipinski definition) is 2. The van der Waals surface area contributed by atoms with Crippen LogP contribution in [0.1, 0.15) is 10.4 Å². The summed E-state index contributed by atoms with van der Waals surface area (Å²) < 4.78 is 27.5. The van der Waals surface area contributed by atoms with Gasteiger partial charge in [-0.05, 0) is 30.3 Å². The number of nitrogens with one attached hydrogen (secondary N) is 2. The third-order valence-electron chi connectivity index (χ3n) is 3.78. The van der Waals surface area contributed by atoms with Gasteiger partial charge in [-0.3, -0.25) is 19.6 Å². The Hall–Kier alpha value is -3.72. The molecule has 0 aliphatic rings. The summed E-state index contributed by atoms with van der Waals surface area (Å²) in [4.78, 5) is 23.0. The minimum absolute atomic E-state index is 0.0592. The summed E-state index contributed by atoms with van der Waals surface area (Å²) in [5.74, 6) is -0.605. The van der Waals surface area contributed by atoms with Crippen molar-refractivity contribution >= 4 is 33.0 Å². The van der Waals surface area contributed by atoms with Gasteiger partial charge in [0.25, 0.3) is 21.6 Å². The molecular formula is C19H15N3O5S. The molecule has 0 unspecified atom stereocenters. The molecule has 0 fully saturated rings. The second kappa shape index (κ2) is 7.89. The normalized spacial score (nSPS) is 10.9. The number of hydrogen-bond acceptors (Lipinski definition) is 5. The van der Waals surface area contributed by atoms with E-state index in [1.807, 2.05) is 0 Å². The van der Waals surface area contributed by atoms with Gasteiger partial charge in [-0.2, -0.15) is 0 Å². The van der Waals surface area contributed by atoms with Gasteiger partial charge in [0.2, 0.25) is 0 Å². The summed E-state index contributed by atoms with van der Waals surface area (Å²) in [5.41, 5.74) is 0.221. The van der Waals surface area contributed by atoms with Gasteiger partial charge in [0, 0.05) is 17.8 Å². The van der Waals surface area contributed by atoms with Gasteiger partial charge < -0.3 is 5.32 Å². The lowest BCUT2D eigenvalue weighted by molar-refractivity contribution is -0.384. The number of non-ortho nitro benzene ring substituents is 1. The van der Waals surface area contributed by atoms with Crippen LogP contribution in [0.25, 0.3) is 0 Å². The number of amides is 1. The van der Waals surface area contributed by atoms with E-state index >= 15 is 0 Å². The Morgan fingerprint density at radius 2 is 1.57 bits per heavy atom. The molecule has 0 saturated carbocycles. The first-order valence-corrected chi connectivity index (χ1v) is 9.58. The van der Waals surface area contributed by atoms with Gasteiger partial charge in [-0.1, -0.05) is 36.4 Å². The zero-order valence-electron chi connectivity index (χ0n) is 14.4. The fourth-order valence-corrected chi connectivity index (χ4v) is 3.57. The van der Waals surface area contributed by atoms with E-state index in [-0.39, 0.29) is 27.5 Å². The number of carbonyl (C=O) groups excluding carboxylic acids is 1. The number of carbonyl (C=O) groups is 1. The van der Waals surface area contributed by atoms with Crippen LogP contribution in [-0.2, 0) is 10.0 Å². The summed E-state index contributed by atoms with van der Waals surface area (Å²) in [7, 11) is -3.88. The topological polar surface area (TPSA) is 118 Å². The average molecular weight is 397 g/mol. The minimum atomic E-state index is -3.88. The minimum Gasteiger partial charge on any atom is -0.322 e. The molecule has 0 bridgehead atoms.